The van der Waals surface area contributed by atoms with E-state index in [4.69, 9.17) is 23.2 Å². The summed E-state index contributed by atoms with van der Waals surface area (Å²) in [5.41, 5.74) is 1.10. The molecule has 0 unspecified atom stereocenters. The second-order valence-electron chi connectivity index (χ2n) is 3.20. The highest BCUT2D eigenvalue weighted by Gasteiger charge is 2.14. The van der Waals surface area contributed by atoms with Crippen LogP contribution in [-0.2, 0) is 0 Å². The summed E-state index contributed by atoms with van der Waals surface area (Å²) in [4.78, 5) is 11.9. The molecule has 1 aromatic heterocycles. The first-order valence-corrected chi connectivity index (χ1v) is 6.94. The van der Waals surface area contributed by atoms with Gasteiger partial charge in [0, 0.05) is 10.2 Å². The van der Waals surface area contributed by atoms with E-state index in [-0.39, 0.29) is 5.91 Å². The Bertz CT molecular complexity index is 553. The predicted molar refractivity (Wildman–Crippen MR) is 76.4 cm³/mol. The normalized spacial score (nSPS) is 10.3. The van der Waals surface area contributed by atoms with Gasteiger partial charge in [-0.05, 0) is 30.3 Å². The molecule has 0 aliphatic rings. The van der Waals surface area contributed by atoms with E-state index in [2.05, 4.69) is 21.2 Å². The van der Waals surface area contributed by atoms with E-state index in [1.807, 2.05) is 12.1 Å². The summed E-state index contributed by atoms with van der Waals surface area (Å²) in [6.07, 6.45) is 0. The number of halogens is 3. The van der Waals surface area contributed by atoms with Gasteiger partial charge in [0.25, 0.3) is 5.91 Å². The zero-order valence-electron chi connectivity index (χ0n) is 8.34. The molecule has 0 aliphatic carbocycles. The number of hydrogen-bond acceptors (Lipinski definition) is 2. The van der Waals surface area contributed by atoms with Crippen molar-refractivity contribution < 1.29 is 4.79 Å². The second-order valence-corrected chi connectivity index (χ2v) is 6.40. The molecule has 0 saturated heterocycles. The Morgan fingerprint density at radius 2 is 1.88 bits per heavy atom. The Labute approximate surface area is 121 Å². The first-order valence-electron chi connectivity index (χ1n) is 4.58. The standard InChI is InChI=1S/C11H6BrCl2NOS/c12-6-1-3-7(4-2-6)15-11(16)8-5-9(13)17-10(8)14/h1-5H,(H,15,16). The Balaban J connectivity index is 2.17. The van der Waals surface area contributed by atoms with Gasteiger partial charge in [-0.1, -0.05) is 39.1 Å². The molecule has 0 spiro atoms. The van der Waals surface area contributed by atoms with Crippen LogP contribution in [0.4, 0.5) is 5.69 Å². The first kappa shape index (κ1) is 12.9. The van der Waals surface area contributed by atoms with Crippen LogP contribution in [0.3, 0.4) is 0 Å². The molecule has 0 saturated carbocycles. The van der Waals surface area contributed by atoms with Gasteiger partial charge in [0.15, 0.2) is 0 Å². The van der Waals surface area contributed by atoms with Gasteiger partial charge in [-0.3, -0.25) is 4.79 Å². The number of carbonyl (C=O) groups excluding carboxylic acids is 1. The number of nitrogens with one attached hydrogen (secondary N) is 1. The van der Waals surface area contributed by atoms with E-state index in [9.17, 15) is 4.79 Å². The summed E-state index contributed by atoms with van der Waals surface area (Å²) in [5.74, 6) is -0.263. The van der Waals surface area contributed by atoms with E-state index in [0.717, 1.165) is 4.47 Å². The van der Waals surface area contributed by atoms with Crippen molar-refractivity contribution in [3.05, 3.63) is 49.0 Å². The van der Waals surface area contributed by atoms with Gasteiger partial charge in [-0.15, -0.1) is 11.3 Å². The zero-order chi connectivity index (χ0) is 12.4. The molecule has 1 aromatic carbocycles. The van der Waals surface area contributed by atoms with Crippen LogP contribution >= 0.6 is 50.5 Å². The predicted octanol–water partition coefficient (Wildman–Crippen LogP) is 5.07. The van der Waals surface area contributed by atoms with Crippen LogP contribution in [0.15, 0.2) is 34.8 Å². The Morgan fingerprint density at radius 1 is 1.24 bits per heavy atom. The quantitative estimate of drug-likeness (QED) is 0.804. The largest absolute Gasteiger partial charge is 0.322 e. The van der Waals surface area contributed by atoms with Crippen molar-refractivity contribution in [3.8, 4) is 0 Å². The summed E-state index contributed by atoms with van der Waals surface area (Å²) < 4.78 is 1.84. The smallest absolute Gasteiger partial charge is 0.258 e. The lowest BCUT2D eigenvalue weighted by Crippen LogP contribution is -2.11. The maximum atomic E-state index is 11.9. The third-order valence-corrected chi connectivity index (χ3v) is 4.02. The lowest BCUT2D eigenvalue weighted by molar-refractivity contribution is 0.102. The fraction of sp³-hybridized carbons (Fsp3) is 0. The molecule has 88 valence electrons. The number of hydrogen-bond donors (Lipinski definition) is 1. The monoisotopic (exact) mass is 349 g/mol. The first-order chi connectivity index (χ1) is 8.06. The lowest BCUT2D eigenvalue weighted by atomic mass is 10.3. The highest BCUT2D eigenvalue weighted by atomic mass is 79.9. The minimum Gasteiger partial charge on any atom is -0.322 e. The van der Waals surface area contributed by atoms with Crippen molar-refractivity contribution in [1.29, 1.82) is 0 Å². The molecule has 1 heterocycles. The highest BCUT2D eigenvalue weighted by molar-refractivity contribution is 9.10. The Morgan fingerprint density at radius 3 is 2.41 bits per heavy atom. The number of amides is 1. The summed E-state index contributed by atoms with van der Waals surface area (Å²) >= 11 is 16.2. The van der Waals surface area contributed by atoms with Crippen molar-refractivity contribution >= 4 is 62.1 Å². The molecule has 0 aliphatic heterocycles. The van der Waals surface area contributed by atoms with Crippen LogP contribution in [0, 0.1) is 0 Å². The topological polar surface area (TPSA) is 29.1 Å². The molecule has 17 heavy (non-hydrogen) atoms. The minimum atomic E-state index is -0.263. The van der Waals surface area contributed by atoms with Crippen LogP contribution in [0.5, 0.6) is 0 Å². The molecular weight excluding hydrogens is 345 g/mol. The van der Waals surface area contributed by atoms with Crippen molar-refractivity contribution in [1.82, 2.24) is 0 Å². The van der Waals surface area contributed by atoms with Crippen LogP contribution < -0.4 is 5.32 Å². The fourth-order valence-electron chi connectivity index (χ4n) is 1.23. The van der Waals surface area contributed by atoms with Gasteiger partial charge in [-0.2, -0.15) is 0 Å². The molecule has 0 bridgehead atoms. The van der Waals surface area contributed by atoms with Crippen molar-refractivity contribution in [2.45, 2.75) is 0 Å². The van der Waals surface area contributed by atoms with Crippen LogP contribution in [-0.4, -0.2) is 5.91 Å². The lowest BCUT2D eigenvalue weighted by Gasteiger charge is -2.03. The summed E-state index contributed by atoms with van der Waals surface area (Å²) in [6, 6.07) is 8.84. The maximum absolute atomic E-state index is 11.9. The maximum Gasteiger partial charge on any atom is 0.258 e. The summed E-state index contributed by atoms with van der Waals surface area (Å²) in [5, 5.41) is 2.74. The van der Waals surface area contributed by atoms with Crippen molar-refractivity contribution in [2.75, 3.05) is 5.32 Å². The van der Waals surface area contributed by atoms with Gasteiger partial charge >= 0.3 is 0 Å². The van der Waals surface area contributed by atoms with Gasteiger partial charge in [-0.25, -0.2) is 0 Å². The Hall–Kier alpha value is -0.550. The van der Waals surface area contributed by atoms with Crippen LogP contribution in [0.25, 0.3) is 0 Å². The van der Waals surface area contributed by atoms with E-state index in [1.54, 1.807) is 18.2 Å². The minimum absolute atomic E-state index is 0.263. The third-order valence-electron chi connectivity index (χ3n) is 2.00. The fourth-order valence-corrected chi connectivity index (χ4v) is 2.95. The summed E-state index contributed by atoms with van der Waals surface area (Å²) in [7, 11) is 0. The van der Waals surface area contributed by atoms with Crippen molar-refractivity contribution in [2.24, 2.45) is 0 Å². The molecule has 2 nitrogen and oxygen atoms in total. The number of thiophene rings is 1. The number of benzene rings is 1. The van der Waals surface area contributed by atoms with Crippen molar-refractivity contribution in [3.63, 3.8) is 0 Å². The molecular formula is C11H6BrCl2NOS. The SMILES string of the molecule is O=C(Nc1ccc(Br)cc1)c1cc(Cl)sc1Cl. The highest BCUT2D eigenvalue weighted by Crippen LogP contribution is 2.31. The van der Waals surface area contributed by atoms with E-state index >= 15 is 0 Å². The van der Waals surface area contributed by atoms with E-state index in [0.29, 0.717) is 19.9 Å². The molecule has 1 amide bonds. The van der Waals surface area contributed by atoms with Crippen LogP contribution in [0.1, 0.15) is 10.4 Å². The molecule has 0 atom stereocenters. The average molecular weight is 351 g/mol. The molecule has 2 rings (SSSR count). The average Bonchev–Trinajstić information content (AvgIpc) is 2.61. The van der Waals surface area contributed by atoms with Gasteiger partial charge < -0.3 is 5.32 Å². The number of carbonyl (C=O) groups is 1. The second kappa shape index (κ2) is 5.40. The van der Waals surface area contributed by atoms with E-state index < -0.39 is 0 Å². The molecule has 0 radical (unpaired) electrons. The number of anilines is 1. The van der Waals surface area contributed by atoms with Gasteiger partial charge in [0.1, 0.15) is 4.34 Å². The molecule has 0 fully saturated rings. The zero-order valence-corrected chi connectivity index (χ0v) is 12.3. The Kier molecular flexibility index (Phi) is 4.09. The molecule has 2 aromatic rings. The van der Waals surface area contributed by atoms with E-state index in [1.165, 1.54) is 11.3 Å². The third kappa shape index (κ3) is 3.22. The number of rotatable bonds is 2. The van der Waals surface area contributed by atoms with Gasteiger partial charge in [0.2, 0.25) is 0 Å². The molecule has 1 N–H and O–H groups in total. The van der Waals surface area contributed by atoms with Crippen LogP contribution in [0.2, 0.25) is 8.67 Å². The summed E-state index contributed by atoms with van der Waals surface area (Å²) in [6.45, 7) is 0. The van der Waals surface area contributed by atoms with Gasteiger partial charge in [0.05, 0.1) is 9.90 Å². The molecule has 6 heteroatoms.